The van der Waals surface area contributed by atoms with Gasteiger partial charge in [-0.1, -0.05) is 81.5 Å². The highest BCUT2D eigenvalue weighted by Crippen LogP contribution is 2.39. The Morgan fingerprint density at radius 2 is 1.57 bits per heavy atom. The summed E-state index contributed by atoms with van der Waals surface area (Å²) in [5, 5.41) is 9.75. The molecule has 37 heavy (non-hydrogen) atoms. The van der Waals surface area contributed by atoms with Crippen LogP contribution in [0.3, 0.4) is 0 Å². The summed E-state index contributed by atoms with van der Waals surface area (Å²) in [6.45, 7) is 10.3. The van der Waals surface area contributed by atoms with Gasteiger partial charge in [-0.2, -0.15) is 18.4 Å². The minimum absolute atomic E-state index is 0.0382. The molecule has 3 aromatic carbocycles. The molecule has 3 aromatic rings. The van der Waals surface area contributed by atoms with Gasteiger partial charge >= 0.3 is 6.18 Å². The van der Waals surface area contributed by atoms with Crippen molar-refractivity contribution in [2.45, 2.75) is 51.7 Å². The van der Waals surface area contributed by atoms with Crippen molar-refractivity contribution < 1.29 is 22.4 Å². The molecule has 0 saturated carbocycles. The molecule has 0 atom stereocenters. The van der Waals surface area contributed by atoms with Crippen LogP contribution < -0.4 is 0 Å². The van der Waals surface area contributed by atoms with Gasteiger partial charge in [0, 0.05) is 11.1 Å². The topological polar surface area (TPSA) is 50.1 Å². The number of alkyl halides is 3. The molecule has 0 saturated heterocycles. The number of carbonyl (C=O) groups is 1. The van der Waals surface area contributed by atoms with Gasteiger partial charge in [0.25, 0.3) is 0 Å². The van der Waals surface area contributed by atoms with Crippen LogP contribution in [0.25, 0.3) is 23.3 Å². The van der Waals surface area contributed by atoms with Gasteiger partial charge in [-0.05, 0) is 52.5 Å². The second-order valence-electron chi connectivity index (χ2n) is 10.4. The fourth-order valence-electron chi connectivity index (χ4n) is 3.64. The zero-order valence-electron chi connectivity index (χ0n) is 21.6. The molecule has 7 heteroatoms. The molecule has 0 aliphatic rings. The average Bonchev–Trinajstić information content (AvgIpc) is 2.84. The van der Waals surface area contributed by atoms with Gasteiger partial charge < -0.3 is 4.43 Å². The molecule has 0 aliphatic heterocycles. The van der Waals surface area contributed by atoms with Crippen molar-refractivity contribution in [1.82, 2.24) is 0 Å². The van der Waals surface area contributed by atoms with Crippen molar-refractivity contribution in [3.63, 3.8) is 0 Å². The second-order valence-corrected chi connectivity index (χ2v) is 15.2. The summed E-state index contributed by atoms with van der Waals surface area (Å²) in [6, 6.07) is 19.0. The van der Waals surface area contributed by atoms with E-state index < -0.39 is 20.1 Å². The number of hydrogen-bond donors (Lipinski definition) is 0. The van der Waals surface area contributed by atoms with E-state index in [0.717, 1.165) is 11.6 Å². The SMILES string of the molecule is CC(C)(C)[Si](C)(C)OCc1cc(/C=C/c2cccc(-c3ccccc3)c2C#N)c(C(F)(F)F)cc1C=O. The van der Waals surface area contributed by atoms with E-state index in [1.165, 1.54) is 18.2 Å². The molecule has 0 spiro atoms. The van der Waals surface area contributed by atoms with Crippen LogP contribution in [0.5, 0.6) is 0 Å². The number of hydrogen-bond acceptors (Lipinski definition) is 3. The average molecular weight is 522 g/mol. The summed E-state index contributed by atoms with van der Waals surface area (Å²) in [6.07, 6.45) is -1.38. The molecule has 0 amide bonds. The minimum Gasteiger partial charge on any atom is -0.413 e. The molecule has 192 valence electrons. The second kappa shape index (κ2) is 10.9. The molecular formula is C30H30F3NO2Si. The summed E-state index contributed by atoms with van der Waals surface area (Å²) < 4.78 is 48.1. The fraction of sp³-hybridized carbons (Fsp3) is 0.267. The molecule has 0 radical (unpaired) electrons. The minimum atomic E-state index is -4.67. The molecule has 0 bridgehead atoms. The van der Waals surface area contributed by atoms with Crippen LogP contribution in [0.1, 0.15) is 58.9 Å². The van der Waals surface area contributed by atoms with Crippen LogP contribution in [0, 0.1) is 11.3 Å². The highest BCUT2D eigenvalue weighted by molar-refractivity contribution is 6.74. The molecule has 0 heterocycles. The number of halogens is 3. The third-order valence-corrected chi connectivity index (χ3v) is 11.4. The van der Waals surface area contributed by atoms with Gasteiger partial charge in [0.05, 0.1) is 17.7 Å². The van der Waals surface area contributed by atoms with Crippen LogP contribution in [0.2, 0.25) is 18.1 Å². The summed E-state index contributed by atoms with van der Waals surface area (Å²) >= 11 is 0. The third kappa shape index (κ3) is 6.45. The normalized spacial score (nSPS) is 12.5. The lowest BCUT2D eigenvalue weighted by atomic mass is 9.94. The van der Waals surface area contributed by atoms with Crippen molar-refractivity contribution in [3.8, 4) is 17.2 Å². The van der Waals surface area contributed by atoms with Crippen LogP contribution in [-0.4, -0.2) is 14.6 Å². The van der Waals surface area contributed by atoms with Crippen LogP contribution >= 0.6 is 0 Å². The van der Waals surface area contributed by atoms with E-state index in [1.807, 2.05) is 49.5 Å². The van der Waals surface area contributed by atoms with Gasteiger partial charge in [0.1, 0.15) is 12.4 Å². The van der Waals surface area contributed by atoms with Crippen LogP contribution in [0.15, 0.2) is 60.7 Å². The lowest BCUT2D eigenvalue weighted by Crippen LogP contribution is -2.40. The number of aldehydes is 1. The molecule has 0 N–H and O–H groups in total. The van der Waals surface area contributed by atoms with E-state index in [2.05, 4.69) is 26.8 Å². The zero-order valence-corrected chi connectivity index (χ0v) is 22.6. The molecule has 3 rings (SSSR count). The molecular weight excluding hydrogens is 491 g/mol. The molecule has 0 aromatic heterocycles. The number of nitriles is 1. The lowest BCUT2D eigenvalue weighted by Gasteiger charge is -2.36. The van der Waals surface area contributed by atoms with Gasteiger partial charge in [0.2, 0.25) is 0 Å². The van der Waals surface area contributed by atoms with Gasteiger partial charge in [-0.15, -0.1) is 0 Å². The van der Waals surface area contributed by atoms with Gasteiger partial charge in [-0.3, -0.25) is 4.79 Å². The maximum absolute atomic E-state index is 14.0. The summed E-state index contributed by atoms with van der Waals surface area (Å²) in [7, 11) is -2.21. The number of benzene rings is 3. The lowest BCUT2D eigenvalue weighted by molar-refractivity contribution is -0.137. The Balaban J connectivity index is 2.09. The molecule has 0 fully saturated rings. The zero-order chi connectivity index (χ0) is 27.4. The largest absolute Gasteiger partial charge is 0.417 e. The maximum atomic E-state index is 14.0. The predicted molar refractivity (Wildman–Crippen MR) is 144 cm³/mol. The Morgan fingerprint density at radius 1 is 0.919 bits per heavy atom. The Bertz CT molecular complexity index is 1350. The van der Waals surface area contributed by atoms with E-state index in [1.54, 1.807) is 12.1 Å². The van der Waals surface area contributed by atoms with E-state index >= 15 is 0 Å². The highest BCUT2D eigenvalue weighted by Gasteiger charge is 2.38. The van der Waals surface area contributed by atoms with Crippen molar-refractivity contribution in [2.24, 2.45) is 0 Å². The quantitative estimate of drug-likeness (QED) is 0.177. The Hall–Kier alpha value is -3.47. The van der Waals surface area contributed by atoms with Gasteiger partial charge in [-0.25, -0.2) is 0 Å². The van der Waals surface area contributed by atoms with Gasteiger partial charge in [0.15, 0.2) is 8.32 Å². The number of nitrogens with zero attached hydrogens (tertiary/aromatic N) is 1. The van der Waals surface area contributed by atoms with Crippen LogP contribution in [-0.2, 0) is 17.2 Å². The first kappa shape index (κ1) is 28.1. The van der Waals surface area contributed by atoms with Crippen LogP contribution in [0.4, 0.5) is 13.2 Å². The summed E-state index contributed by atoms with van der Waals surface area (Å²) in [5.74, 6) is 0. The van der Waals surface area contributed by atoms with E-state index in [0.29, 0.717) is 28.5 Å². The molecule has 0 unspecified atom stereocenters. The van der Waals surface area contributed by atoms with Crippen molar-refractivity contribution in [2.75, 3.05) is 0 Å². The van der Waals surface area contributed by atoms with E-state index in [4.69, 9.17) is 4.43 Å². The Kier molecular flexibility index (Phi) is 8.26. The van der Waals surface area contributed by atoms with E-state index in [9.17, 15) is 23.2 Å². The Morgan fingerprint density at radius 3 is 2.14 bits per heavy atom. The highest BCUT2D eigenvalue weighted by atomic mass is 28.4. The van der Waals surface area contributed by atoms with Crippen molar-refractivity contribution >= 4 is 26.8 Å². The van der Waals surface area contributed by atoms with E-state index in [-0.39, 0.29) is 22.8 Å². The standard InChI is InChI=1S/C30H30F3NO2Si/c1-29(2,3)37(4,5)36-20-25-16-23(28(30(31,32)33)17-24(25)19-35)15-14-22-12-9-13-26(27(22)18-34)21-10-7-6-8-11-21/h6-17,19H,20H2,1-5H3/b15-14+. The molecule has 3 nitrogen and oxygen atoms in total. The smallest absolute Gasteiger partial charge is 0.413 e. The Labute approximate surface area is 217 Å². The monoisotopic (exact) mass is 521 g/mol. The molecule has 0 aliphatic carbocycles. The number of carbonyl (C=O) groups excluding carboxylic acids is 1. The summed E-state index contributed by atoms with van der Waals surface area (Å²) in [4.78, 5) is 11.7. The summed E-state index contributed by atoms with van der Waals surface area (Å²) in [5.41, 5.74) is 1.73. The van der Waals surface area contributed by atoms with Crippen molar-refractivity contribution in [3.05, 3.63) is 94.0 Å². The first-order chi connectivity index (χ1) is 17.3. The fourth-order valence-corrected chi connectivity index (χ4v) is 4.59. The predicted octanol–water partition coefficient (Wildman–Crippen LogP) is 8.75. The first-order valence-corrected chi connectivity index (χ1v) is 14.8. The maximum Gasteiger partial charge on any atom is 0.417 e. The van der Waals surface area contributed by atoms with Crippen molar-refractivity contribution in [1.29, 1.82) is 5.26 Å². The third-order valence-electron chi connectivity index (χ3n) is 6.87. The first-order valence-electron chi connectivity index (χ1n) is 11.9. The number of rotatable bonds is 7.